The topological polar surface area (TPSA) is 101 Å². The van der Waals surface area contributed by atoms with E-state index in [-0.39, 0.29) is 23.3 Å². The molecule has 0 spiro atoms. The summed E-state index contributed by atoms with van der Waals surface area (Å²) in [4.78, 5) is 11.2. The fraction of sp³-hybridized carbons (Fsp3) is 0.562. The molecular formula is C16H25N3O3S. The summed E-state index contributed by atoms with van der Waals surface area (Å²) in [5, 5.41) is 2.62. The van der Waals surface area contributed by atoms with E-state index in [2.05, 4.69) is 17.0 Å². The van der Waals surface area contributed by atoms with Gasteiger partial charge in [0.25, 0.3) is 0 Å². The molecule has 4 N–H and O–H groups in total. The van der Waals surface area contributed by atoms with Crippen molar-refractivity contribution in [3.8, 4) is 0 Å². The van der Waals surface area contributed by atoms with Crippen LogP contribution in [0.4, 0.5) is 5.69 Å². The normalized spacial score (nSPS) is 25.1. The fourth-order valence-corrected chi connectivity index (χ4v) is 4.69. The Labute approximate surface area is 137 Å². The van der Waals surface area contributed by atoms with Gasteiger partial charge in [-0.1, -0.05) is 19.8 Å². The minimum Gasteiger partial charge on any atom is -0.329 e. The van der Waals surface area contributed by atoms with Crippen LogP contribution in [-0.2, 0) is 14.8 Å². The first kappa shape index (κ1) is 17.9. The van der Waals surface area contributed by atoms with Gasteiger partial charge in [-0.2, -0.15) is 0 Å². The molecule has 0 radical (unpaired) electrons. The largest absolute Gasteiger partial charge is 0.329 e. The van der Waals surface area contributed by atoms with Crippen LogP contribution < -0.4 is 15.8 Å². The zero-order valence-electron chi connectivity index (χ0n) is 13.6. The molecule has 6 nitrogen and oxygen atoms in total. The third-order valence-corrected chi connectivity index (χ3v) is 6.21. The van der Waals surface area contributed by atoms with Crippen molar-refractivity contribution in [2.24, 2.45) is 11.7 Å². The van der Waals surface area contributed by atoms with Crippen LogP contribution in [0.15, 0.2) is 29.2 Å². The van der Waals surface area contributed by atoms with Crippen LogP contribution in [0.3, 0.4) is 0 Å². The molecule has 1 aliphatic carbocycles. The van der Waals surface area contributed by atoms with Gasteiger partial charge in [-0.3, -0.25) is 4.79 Å². The maximum absolute atomic E-state index is 12.7. The molecule has 0 saturated heterocycles. The van der Waals surface area contributed by atoms with Gasteiger partial charge in [0.05, 0.1) is 4.90 Å². The number of nitrogens with one attached hydrogen (secondary N) is 2. The highest BCUT2D eigenvalue weighted by Crippen LogP contribution is 2.34. The molecule has 128 valence electrons. The summed E-state index contributed by atoms with van der Waals surface area (Å²) in [7, 11) is -3.65. The zero-order valence-corrected chi connectivity index (χ0v) is 14.4. The van der Waals surface area contributed by atoms with E-state index in [0.29, 0.717) is 5.69 Å². The minimum absolute atomic E-state index is 0.178. The first-order valence-corrected chi connectivity index (χ1v) is 9.39. The highest BCUT2D eigenvalue weighted by Gasteiger charge is 2.40. The Balaban J connectivity index is 2.22. The lowest BCUT2D eigenvalue weighted by atomic mass is 9.74. The van der Waals surface area contributed by atoms with E-state index in [4.69, 9.17) is 5.73 Å². The van der Waals surface area contributed by atoms with Gasteiger partial charge in [-0.15, -0.1) is 0 Å². The molecule has 2 rings (SSSR count). The maximum Gasteiger partial charge on any atom is 0.241 e. The van der Waals surface area contributed by atoms with E-state index in [1.54, 1.807) is 12.1 Å². The van der Waals surface area contributed by atoms with Gasteiger partial charge in [0, 0.05) is 24.7 Å². The molecule has 1 fully saturated rings. The number of sulfonamides is 1. The van der Waals surface area contributed by atoms with Crippen molar-refractivity contribution in [2.75, 3.05) is 11.9 Å². The van der Waals surface area contributed by atoms with Crippen molar-refractivity contribution < 1.29 is 13.2 Å². The van der Waals surface area contributed by atoms with E-state index in [1.807, 2.05) is 0 Å². The second-order valence-electron chi connectivity index (χ2n) is 6.32. The Hall–Kier alpha value is -1.44. The van der Waals surface area contributed by atoms with Gasteiger partial charge in [0.15, 0.2) is 0 Å². The Morgan fingerprint density at radius 3 is 2.48 bits per heavy atom. The number of carbonyl (C=O) groups is 1. The molecule has 1 saturated carbocycles. The van der Waals surface area contributed by atoms with E-state index >= 15 is 0 Å². The summed E-state index contributed by atoms with van der Waals surface area (Å²) in [6, 6.07) is 6.14. The molecule has 2 atom stereocenters. The molecule has 7 heteroatoms. The first-order valence-electron chi connectivity index (χ1n) is 7.91. The van der Waals surface area contributed by atoms with Crippen LogP contribution in [-0.4, -0.2) is 26.4 Å². The Bertz CT molecular complexity index is 658. The lowest BCUT2D eigenvalue weighted by Gasteiger charge is -2.42. The number of rotatable bonds is 5. The number of nitrogens with two attached hydrogens (primary N) is 1. The molecule has 23 heavy (non-hydrogen) atoms. The van der Waals surface area contributed by atoms with Gasteiger partial charge in [0.2, 0.25) is 15.9 Å². The summed E-state index contributed by atoms with van der Waals surface area (Å²) in [5.41, 5.74) is 5.91. The number of amides is 1. The third-order valence-electron chi connectivity index (χ3n) is 4.64. The van der Waals surface area contributed by atoms with E-state index in [9.17, 15) is 13.2 Å². The molecular weight excluding hydrogens is 314 g/mol. The van der Waals surface area contributed by atoms with Crippen LogP contribution in [0.25, 0.3) is 0 Å². The highest BCUT2D eigenvalue weighted by atomic mass is 32.2. The van der Waals surface area contributed by atoms with E-state index < -0.39 is 15.6 Å². The summed E-state index contributed by atoms with van der Waals surface area (Å²) >= 11 is 0. The Morgan fingerprint density at radius 2 is 1.96 bits per heavy atom. The van der Waals surface area contributed by atoms with Gasteiger partial charge in [0.1, 0.15) is 0 Å². The molecule has 0 heterocycles. The molecule has 1 amide bonds. The highest BCUT2D eigenvalue weighted by molar-refractivity contribution is 7.89. The average Bonchev–Trinajstić information content (AvgIpc) is 2.49. The van der Waals surface area contributed by atoms with Crippen LogP contribution in [0.5, 0.6) is 0 Å². The second-order valence-corrected chi connectivity index (χ2v) is 8.00. The fourth-order valence-electron chi connectivity index (χ4n) is 3.16. The minimum atomic E-state index is -3.65. The molecule has 1 aromatic carbocycles. The monoisotopic (exact) mass is 339 g/mol. The molecule has 0 aliphatic heterocycles. The SMILES string of the molecule is CC(=O)Nc1ccc(S(=O)(=O)NC2(CN)CCCCC2C)cc1. The first-order chi connectivity index (χ1) is 10.8. The molecule has 1 aliphatic rings. The molecule has 2 unspecified atom stereocenters. The van der Waals surface area contributed by atoms with Crippen molar-refractivity contribution in [3.05, 3.63) is 24.3 Å². The predicted molar refractivity (Wildman–Crippen MR) is 90.5 cm³/mol. The van der Waals surface area contributed by atoms with Crippen molar-refractivity contribution in [1.82, 2.24) is 4.72 Å². The smallest absolute Gasteiger partial charge is 0.241 e. The Kier molecular flexibility index (Phi) is 5.44. The van der Waals surface area contributed by atoms with Crippen LogP contribution in [0.2, 0.25) is 0 Å². The summed E-state index contributed by atoms with van der Waals surface area (Å²) < 4.78 is 28.2. The molecule has 0 bridgehead atoms. The number of hydrogen-bond acceptors (Lipinski definition) is 4. The van der Waals surface area contributed by atoms with Crippen molar-refractivity contribution in [3.63, 3.8) is 0 Å². The summed E-state index contributed by atoms with van der Waals surface area (Å²) in [5.74, 6) is 0.00604. The van der Waals surface area contributed by atoms with E-state index in [0.717, 1.165) is 25.7 Å². The van der Waals surface area contributed by atoms with Crippen LogP contribution >= 0.6 is 0 Å². The molecule has 0 aromatic heterocycles. The third kappa shape index (κ3) is 4.10. The predicted octanol–water partition coefficient (Wildman–Crippen LogP) is 1.83. The molecule has 1 aromatic rings. The standard InChI is InChI=1S/C16H25N3O3S/c1-12-5-3-4-10-16(12,11-17)19-23(21,22)15-8-6-14(7-9-15)18-13(2)20/h6-9,12,19H,3-5,10-11,17H2,1-2H3,(H,18,20). The quantitative estimate of drug-likeness (QED) is 0.761. The number of benzene rings is 1. The lowest BCUT2D eigenvalue weighted by molar-refractivity contribution is -0.114. The van der Waals surface area contributed by atoms with E-state index in [1.165, 1.54) is 19.1 Å². The van der Waals surface area contributed by atoms with Gasteiger partial charge < -0.3 is 11.1 Å². The van der Waals surface area contributed by atoms with Crippen LogP contribution in [0.1, 0.15) is 39.5 Å². The lowest BCUT2D eigenvalue weighted by Crippen LogP contribution is -2.58. The number of carbonyl (C=O) groups excluding carboxylic acids is 1. The number of hydrogen-bond donors (Lipinski definition) is 3. The Morgan fingerprint density at radius 1 is 1.30 bits per heavy atom. The average molecular weight is 339 g/mol. The summed E-state index contributed by atoms with van der Waals surface area (Å²) in [6.07, 6.45) is 3.82. The zero-order chi connectivity index (χ0) is 17.1. The van der Waals surface area contributed by atoms with Crippen LogP contribution in [0, 0.1) is 5.92 Å². The second kappa shape index (κ2) is 6.98. The van der Waals surface area contributed by atoms with Gasteiger partial charge in [-0.05, 0) is 43.0 Å². The van der Waals surface area contributed by atoms with Gasteiger partial charge in [-0.25, -0.2) is 13.1 Å². The van der Waals surface area contributed by atoms with Crippen molar-refractivity contribution in [2.45, 2.75) is 50.0 Å². The van der Waals surface area contributed by atoms with Gasteiger partial charge >= 0.3 is 0 Å². The number of anilines is 1. The maximum atomic E-state index is 12.7. The van der Waals surface area contributed by atoms with Crippen molar-refractivity contribution >= 4 is 21.6 Å². The van der Waals surface area contributed by atoms with Crippen molar-refractivity contribution in [1.29, 1.82) is 0 Å². The summed E-state index contributed by atoms with van der Waals surface area (Å²) in [6.45, 7) is 3.74.